The molecule has 0 saturated heterocycles. The van der Waals surface area contributed by atoms with Gasteiger partial charge in [0.1, 0.15) is 6.61 Å². The molecule has 0 bridgehead atoms. The molecular weight excluding hydrogens is 240 g/mol. The molecule has 94 valence electrons. The molecule has 9 heteroatoms. The number of nitrogens with one attached hydrogen (secondary N) is 1. The molecule has 0 fully saturated rings. The van der Waals surface area contributed by atoms with Gasteiger partial charge in [-0.3, -0.25) is 4.79 Å². The Kier molecular flexibility index (Phi) is 6.42. The zero-order valence-electron chi connectivity index (χ0n) is 8.51. The van der Waals surface area contributed by atoms with Crippen LogP contribution in [0.2, 0.25) is 0 Å². The molecule has 0 radical (unpaired) electrons. The van der Waals surface area contributed by atoms with Gasteiger partial charge in [-0.15, -0.1) is 0 Å². The molecule has 0 heterocycles. The van der Waals surface area contributed by atoms with Crippen molar-refractivity contribution < 1.29 is 27.9 Å². The molecular formula is C7H14N2O6S. The van der Waals surface area contributed by atoms with E-state index in [4.69, 9.17) is 5.11 Å². The van der Waals surface area contributed by atoms with Crippen LogP contribution in [-0.4, -0.2) is 44.5 Å². The highest BCUT2D eigenvalue weighted by Gasteiger charge is 2.10. The van der Waals surface area contributed by atoms with Gasteiger partial charge in [0.2, 0.25) is 10.0 Å². The molecule has 0 aliphatic carbocycles. The Morgan fingerprint density at radius 2 is 2.00 bits per heavy atom. The summed E-state index contributed by atoms with van der Waals surface area (Å²) in [4.78, 5) is 20.3. The lowest BCUT2D eigenvalue weighted by Gasteiger charge is -2.05. The van der Waals surface area contributed by atoms with Gasteiger partial charge in [0.15, 0.2) is 0 Å². The lowest BCUT2D eigenvalue weighted by molar-refractivity contribution is -0.137. The van der Waals surface area contributed by atoms with Gasteiger partial charge in [0.25, 0.3) is 0 Å². The molecule has 8 nitrogen and oxygen atoms in total. The van der Waals surface area contributed by atoms with E-state index in [1.807, 2.05) is 0 Å². The first-order valence-corrected chi connectivity index (χ1v) is 6.10. The Hall–Kier alpha value is -1.35. The van der Waals surface area contributed by atoms with Crippen LogP contribution in [0.1, 0.15) is 12.8 Å². The third kappa shape index (κ3) is 9.21. The monoisotopic (exact) mass is 254 g/mol. The highest BCUT2D eigenvalue weighted by molar-refractivity contribution is 7.89. The summed E-state index contributed by atoms with van der Waals surface area (Å²) in [5.74, 6) is -1.33. The van der Waals surface area contributed by atoms with Gasteiger partial charge in [-0.1, -0.05) is 0 Å². The van der Waals surface area contributed by atoms with E-state index in [0.29, 0.717) is 0 Å². The predicted molar refractivity (Wildman–Crippen MR) is 54.2 cm³/mol. The van der Waals surface area contributed by atoms with Crippen LogP contribution in [-0.2, 0) is 19.6 Å². The molecule has 0 saturated carbocycles. The minimum atomic E-state index is -3.52. The van der Waals surface area contributed by atoms with E-state index in [-0.39, 0.29) is 31.7 Å². The highest BCUT2D eigenvalue weighted by Crippen LogP contribution is 1.94. The minimum absolute atomic E-state index is 0.0291. The maximum atomic E-state index is 11.2. The molecule has 16 heavy (non-hydrogen) atoms. The Bertz CT molecular complexity index is 339. The number of nitrogens with two attached hydrogens (primary N) is 1. The summed E-state index contributed by atoms with van der Waals surface area (Å²) in [6.45, 7) is -0.244. The summed E-state index contributed by atoms with van der Waals surface area (Å²) in [7, 11) is -3.52. The number of carboxylic acid groups (broad SMARTS) is 1. The second kappa shape index (κ2) is 7.01. The molecule has 0 atom stereocenters. The lowest BCUT2D eigenvalue weighted by atomic mass is 10.3. The number of sulfonamides is 1. The van der Waals surface area contributed by atoms with E-state index in [9.17, 15) is 18.0 Å². The van der Waals surface area contributed by atoms with E-state index >= 15 is 0 Å². The van der Waals surface area contributed by atoms with Crippen LogP contribution in [0.25, 0.3) is 0 Å². The zero-order valence-corrected chi connectivity index (χ0v) is 9.33. The number of hydrogen-bond acceptors (Lipinski definition) is 5. The number of rotatable bonds is 8. The maximum absolute atomic E-state index is 11.2. The maximum Gasteiger partial charge on any atom is 0.404 e. The largest absolute Gasteiger partial charge is 0.481 e. The minimum Gasteiger partial charge on any atom is -0.481 e. The molecule has 0 aromatic carbocycles. The topological polar surface area (TPSA) is 136 Å². The summed E-state index contributed by atoms with van der Waals surface area (Å²) in [5, 5.41) is 8.30. The van der Waals surface area contributed by atoms with Crippen molar-refractivity contribution in [3.63, 3.8) is 0 Å². The van der Waals surface area contributed by atoms with Crippen molar-refractivity contribution in [2.75, 3.05) is 18.9 Å². The van der Waals surface area contributed by atoms with Crippen molar-refractivity contribution in [1.29, 1.82) is 0 Å². The van der Waals surface area contributed by atoms with Crippen molar-refractivity contribution in [1.82, 2.24) is 4.72 Å². The summed E-state index contributed by atoms with van der Waals surface area (Å²) in [6.07, 6.45) is -1.16. The quantitative estimate of drug-likeness (QED) is 0.469. The smallest absolute Gasteiger partial charge is 0.404 e. The van der Waals surface area contributed by atoms with Crippen molar-refractivity contribution in [2.24, 2.45) is 5.73 Å². The Morgan fingerprint density at radius 1 is 1.38 bits per heavy atom. The van der Waals surface area contributed by atoms with Gasteiger partial charge in [-0.2, -0.15) is 0 Å². The molecule has 0 aliphatic heterocycles. The average molecular weight is 254 g/mol. The van der Waals surface area contributed by atoms with Gasteiger partial charge in [-0.05, 0) is 6.42 Å². The third-order valence-electron chi connectivity index (χ3n) is 1.47. The van der Waals surface area contributed by atoms with Gasteiger partial charge >= 0.3 is 12.1 Å². The number of aliphatic carboxylic acids is 1. The standard InChI is InChI=1S/C7H14N2O6S/c8-7(12)15-4-3-9-16(13,14)5-1-2-6(10)11/h9H,1-5H2,(H2,8,12)(H,10,11). The van der Waals surface area contributed by atoms with Gasteiger partial charge in [0.05, 0.1) is 5.75 Å². The molecule has 0 spiro atoms. The van der Waals surface area contributed by atoms with Crippen molar-refractivity contribution in [3.8, 4) is 0 Å². The summed E-state index contributed by atoms with van der Waals surface area (Å²) >= 11 is 0. The van der Waals surface area contributed by atoms with Crippen molar-refractivity contribution in [2.45, 2.75) is 12.8 Å². The van der Waals surface area contributed by atoms with Crippen LogP contribution in [0, 0.1) is 0 Å². The SMILES string of the molecule is NC(=O)OCCNS(=O)(=O)CCCC(=O)O. The number of hydrogen-bond donors (Lipinski definition) is 3. The lowest BCUT2D eigenvalue weighted by Crippen LogP contribution is -2.31. The Labute approximate surface area is 92.8 Å². The fourth-order valence-electron chi connectivity index (χ4n) is 0.834. The summed E-state index contributed by atoms with van der Waals surface area (Å²) in [5.41, 5.74) is 4.65. The van der Waals surface area contributed by atoms with Crippen LogP contribution in [0.3, 0.4) is 0 Å². The zero-order chi connectivity index (χ0) is 12.6. The van der Waals surface area contributed by atoms with E-state index in [2.05, 4.69) is 15.2 Å². The Morgan fingerprint density at radius 3 is 2.50 bits per heavy atom. The van der Waals surface area contributed by atoms with Crippen LogP contribution >= 0.6 is 0 Å². The van der Waals surface area contributed by atoms with Gasteiger partial charge < -0.3 is 15.6 Å². The van der Waals surface area contributed by atoms with Crippen LogP contribution in [0.4, 0.5) is 4.79 Å². The van der Waals surface area contributed by atoms with E-state index in [1.54, 1.807) is 0 Å². The number of carboxylic acids is 1. The number of carbonyl (C=O) groups excluding carboxylic acids is 1. The van der Waals surface area contributed by atoms with Gasteiger partial charge in [-0.25, -0.2) is 17.9 Å². The molecule has 4 N–H and O–H groups in total. The third-order valence-corrected chi connectivity index (χ3v) is 2.94. The van der Waals surface area contributed by atoms with Crippen LogP contribution < -0.4 is 10.5 Å². The number of carbonyl (C=O) groups is 2. The first-order chi connectivity index (χ1) is 7.33. The number of ether oxygens (including phenoxy) is 1. The average Bonchev–Trinajstić information content (AvgIpc) is 2.11. The van der Waals surface area contributed by atoms with Crippen molar-refractivity contribution >= 4 is 22.1 Å². The second-order valence-electron chi connectivity index (χ2n) is 2.88. The fourth-order valence-corrected chi connectivity index (χ4v) is 1.90. The van der Waals surface area contributed by atoms with Crippen molar-refractivity contribution in [3.05, 3.63) is 0 Å². The fraction of sp³-hybridized carbons (Fsp3) is 0.714. The van der Waals surface area contributed by atoms with Crippen LogP contribution in [0.15, 0.2) is 0 Å². The highest BCUT2D eigenvalue weighted by atomic mass is 32.2. The summed E-state index contributed by atoms with van der Waals surface area (Å²) < 4.78 is 28.8. The molecule has 0 aromatic heterocycles. The van der Waals surface area contributed by atoms with E-state index in [1.165, 1.54) is 0 Å². The number of primary amides is 1. The Balaban J connectivity index is 3.70. The number of amides is 1. The molecule has 0 aliphatic rings. The van der Waals surface area contributed by atoms with E-state index in [0.717, 1.165) is 0 Å². The van der Waals surface area contributed by atoms with Crippen LogP contribution in [0.5, 0.6) is 0 Å². The molecule has 1 amide bonds. The molecule has 0 aromatic rings. The predicted octanol–water partition coefficient (Wildman–Crippen LogP) is -1.13. The first-order valence-electron chi connectivity index (χ1n) is 4.45. The van der Waals surface area contributed by atoms with Gasteiger partial charge in [0, 0.05) is 13.0 Å². The summed E-state index contributed by atoms with van der Waals surface area (Å²) in [6, 6.07) is 0. The molecule has 0 unspecified atom stereocenters. The second-order valence-corrected chi connectivity index (χ2v) is 4.80. The van der Waals surface area contributed by atoms with E-state index < -0.39 is 22.1 Å². The first kappa shape index (κ1) is 14.6. The molecule has 0 rings (SSSR count). The normalized spacial score (nSPS) is 11.0.